The summed E-state index contributed by atoms with van der Waals surface area (Å²) in [6, 6.07) is 15.1. The van der Waals surface area contributed by atoms with Crippen LogP contribution in [0.4, 0.5) is 5.69 Å². The third-order valence-electron chi connectivity index (χ3n) is 5.36. The molecule has 1 amide bonds. The standard InChI is InChI=1S/C24H22N6O4S/c1-15-12-18(13-25-27-23(31)14-35-20-10-8-19(9-11-20)30(33)34)16(2)28(15)29-17(3)26-22-7-5-4-6-21(22)24(29)32/h4-13H,14H2,1-3H3,(H,27,31). The summed E-state index contributed by atoms with van der Waals surface area (Å²) in [5, 5.41) is 15.3. The number of carbonyl (C=O) groups is 1. The number of thioether (sulfide) groups is 1. The van der Waals surface area contributed by atoms with E-state index in [1.165, 1.54) is 34.8 Å². The summed E-state index contributed by atoms with van der Waals surface area (Å²) >= 11 is 1.25. The lowest BCUT2D eigenvalue weighted by molar-refractivity contribution is -0.384. The zero-order chi connectivity index (χ0) is 25.1. The molecule has 0 aliphatic rings. The lowest BCUT2D eigenvalue weighted by atomic mass is 10.2. The van der Waals surface area contributed by atoms with Crippen molar-refractivity contribution in [3.63, 3.8) is 0 Å². The fraction of sp³-hybridized carbons (Fsp3) is 0.167. The number of nitro benzene ring substituents is 1. The van der Waals surface area contributed by atoms with E-state index in [1.807, 2.05) is 32.0 Å². The van der Waals surface area contributed by atoms with Gasteiger partial charge in [-0.25, -0.2) is 10.4 Å². The van der Waals surface area contributed by atoms with Crippen LogP contribution < -0.4 is 11.0 Å². The van der Waals surface area contributed by atoms with Crippen molar-refractivity contribution in [1.82, 2.24) is 19.8 Å². The van der Waals surface area contributed by atoms with Gasteiger partial charge in [0.2, 0.25) is 5.91 Å². The molecule has 2 aromatic heterocycles. The topological polar surface area (TPSA) is 124 Å². The highest BCUT2D eigenvalue weighted by Crippen LogP contribution is 2.21. The van der Waals surface area contributed by atoms with Gasteiger partial charge in [0.05, 0.1) is 27.8 Å². The van der Waals surface area contributed by atoms with Crippen LogP contribution in [0.2, 0.25) is 0 Å². The van der Waals surface area contributed by atoms with Gasteiger partial charge in [0.1, 0.15) is 5.82 Å². The van der Waals surface area contributed by atoms with E-state index < -0.39 is 4.92 Å². The summed E-state index contributed by atoms with van der Waals surface area (Å²) in [5.41, 5.74) is 5.27. The van der Waals surface area contributed by atoms with Gasteiger partial charge in [-0.1, -0.05) is 12.1 Å². The van der Waals surface area contributed by atoms with Crippen molar-refractivity contribution < 1.29 is 9.72 Å². The number of nitrogens with zero attached hydrogens (tertiary/aromatic N) is 5. The molecule has 4 rings (SSSR count). The quantitative estimate of drug-likeness (QED) is 0.183. The van der Waals surface area contributed by atoms with Crippen LogP contribution in [0.25, 0.3) is 10.9 Å². The number of fused-ring (bicyclic) bond motifs is 1. The van der Waals surface area contributed by atoms with E-state index in [1.54, 1.807) is 35.9 Å². The van der Waals surface area contributed by atoms with E-state index in [9.17, 15) is 19.7 Å². The SMILES string of the molecule is Cc1cc(C=NNC(=O)CSc2ccc([N+](=O)[O-])cc2)c(C)n1-n1c(C)nc2ccccc2c1=O. The number of rotatable bonds is 7. The van der Waals surface area contributed by atoms with Gasteiger partial charge in [0, 0.05) is 34.0 Å². The van der Waals surface area contributed by atoms with Crippen molar-refractivity contribution in [2.45, 2.75) is 25.7 Å². The minimum absolute atomic E-state index is 0.00192. The predicted octanol–water partition coefficient (Wildman–Crippen LogP) is 3.59. The summed E-state index contributed by atoms with van der Waals surface area (Å²) in [5.74, 6) is 0.339. The number of hydrazone groups is 1. The largest absolute Gasteiger partial charge is 0.280 e. The van der Waals surface area contributed by atoms with Crippen LogP contribution in [0, 0.1) is 30.9 Å². The highest BCUT2D eigenvalue weighted by molar-refractivity contribution is 8.00. The Balaban J connectivity index is 1.47. The van der Waals surface area contributed by atoms with Crippen LogP contribution in [0.15, 0.2) is 69.4 Å². The molecule has 0 radical (unpaired) electrons. The number of benzene rings is 2. The minimum atomic E-state index is -0.471. The van der Waals surface area contributed by atoms with Gasteiger partial charge in [-0.2, -0.15) is 9.78 Å². The Morgan fingerprint density at radius 2 is 1.86 bits per heavy atom. The molecule has 0 unspecified atom stereocenters. The number of para-hydroxylation sites is 1. The maximum Gasteiger partial charge on any atom is 0.280 e. The second kappa shape index (κ2) is 9.94. The monoisotopic (exact) mass is 490 g/mol. The Kier molecular flexibility index (Phi) is 6.78. The van der Waals surface area contributed by atoms with Crippen LogP contribution in [0.3, 0.4) is 0 Å². The maximum atomic E-state index is 13.2. The molecule has 0 fully saturated rings. The number of hydrogen-bond acceptors (Lipinski definition) is 7. The second-order valence-corrected chi connectivity index (χ2v) is 8.81. The number of amides is 1. The first-order valence-corrected chi connectivity index (χ1v) is 11.6. The van der Waals surface area contributed by atoms with E-state index >= 15 is 0 Å². The fourth-order valence-electron chi connectivity index (χ4n) is 3.71. The van der Waals surface area contributed by atoms with Crippen LogP contribution in [0.5, 0.6) is 0 Å². The van der Waals surface area contributed by atoms with Crippen LogP contribution in [0.1, 0.15) is 22.8 Å². The first-order chi connectivity index (χ1) is 16.8. The molecule has 0 atom stereocenters. The fourth-order valence-corrected chi connectivity index (χ4v) is 4.40. The van der Waals surface area contributed by atoms with E-state index in [2.05, 4.69) is 15.5 Å². The lowest BCUT2D eigenvalue weighted by Crippen LogP contribution is -2.30. The van der Waals surface area contributed by atoms with Gasteiger partial charge in [0.15, 0.2) is 0 Å². The second-order valence-electron chi connectivity index (χ2n) is 7.76. The zero-order valence-electron chi connectivity index (χ0n) is 19.3. The van der Waals surface area contributed by atoms with Crippen molar-refractivity contribution in [2.75, 3.05) is 5.75 Å². The number of nitrogens with one attached hydrogen (secondary N) is 1. The smallest absolute Gasteiger partial charge is 0.272 e. The average Bonchev–Trinajstić information content (AvgIpc) is 3.11. The Bertz CT molecular complexity index is 1520. The van der Waals surface area contributed by atoms with E-state index in [0.717, 1.165) is 21.8 Å². The molecule has 0 spiro atoms. The summed E-state index contributed by atoms with van der Waals surface area (Å²) in [4.78, 5) is 40.9. The first-order valence-electron chi connectivity index (χ1n) is 10.6. The Morgan fingerprint density at radius 1 is 1.14 bits per heavy atom. The Morgan fingerprint density at radius 3 is 2.57 bits per heavy atom. The molecule has 11 heteroatoms. The molecule has 0 aliphatic carbocycles. The highest BCUT2D eigenvalue weighted by atomic mass is 32.2. The van der Waals surface area contributed by atoms with Gasteiger partial charge >= 0.3 is 0 Å². The number of carbonyl (C=O) groups excluding carboxylic acids is 1. The molecule has 2 heterocycles. The molecule has 0 aliphatic heterocycles. The summed E-state index contributed by atoms with van der Waals surface area (Å²) in [6.45, 7) is 5.52. The van der Waals surface area contributed by atoms with Crippen LogP contribution >= 0.6 is 11.8 Å². The van der Waals surface area contributed by atoms with Crippen molar-refractivity contribution in [1.29, 1.82) is 0 Å². The molecule has 0 saturated carbocycles. The Labute approximate surface area is 204 Å². The molecule has 1 N–H and O–H groups in total. The lowest BCUT2D eigenvalue weighted by Gasteiger charge is -2.16. The molecule has 0 saturated heterocycles. The normalized spacial score (nSPS) is 11.3. The number of nitro groups is 1. The summed E-state index contributed by atoms with van der Waals surface area (Å²) in [6.07, 6.45) is 1.53. The molecule has 2 aromatic carbocycles. The van der Waals surface area contributed by atoms with Gasteiger partial charge < -0.3 is 0 Å². The number of non-ortho nitro benzene ring substituents is 1. The number of aryl methyl sites for hydroxylation is 2. The molecule has 35 heavy (non-hydrogen) atoms. The maximum absolute atomic E-state index is 13.2. The molecule has 178 valence electrons. The van der Waals surface area contributed by atoms with Gasteiger partial charge in [-0.05, 0) is 51.1 Å². The van der Waals surface area contributed by atoms with Crippen molar-refractivity contribution in [3.8, 4) is 0 Å². The molecule has 0 bridgehead atoms. The predicted molar refractivity (Wildman–Crippen MR) is 135 cm³/mol. The summed E-state index contributed by atoms with van der Waals surface area (Å²) in [7, 11) is 0. The molecular formula is C24H22N6O4S. The minimum Gasteiger partial charge on any atom is -0.272 e. The molecular weight excluding hydrogens is 468 g/mol. The van der Waals surface area contributed by atoms with E-state index in [0.29, 0.717) is 16.7 Å². The number of aromatic nitrogens is 3. The van der Waals surface area contributed by atoms with Crippen LogP contribution in [-0.4, -0.2) is 37.1 Å². The Hall–Kier alpha value is -4.25. The third-order valence-corrected chi connectivity index (χ3v) is 6.37. The van der Waals surface area contributed by atoms with Crippen molar-refractivity contribution in [3.05, 3.63) is 97.8 Å². The van der Waals surface area contributed by atoms with Gasteiger partial charge in [-0.15, -0.1) is 11.8 Å². The zero-order valence-corrected chi connectivity index (χ0v) is 20.1. The van der Waals surface area contributed by atoms with Crippen LogP contribution in [-0.2, 0) is 4.79 Å². The van der Waals surface area contributed by atoms with Gasteiger partial charge in [0.25, 0.3) is 11.2 Å². The average molecular weight is 491 g/mol. The summed E-state index contributed by atoms with van der Waals surface area (Å²) < 4.78 is 3.31. The van der Waals surface area contributed by atoms with E-state index in [4.69, 9.17) is 0 Å². The highest BCUT2D eigenvalue weighted by Gasteiger charge is 2.15. The van der Waals surface area contributed by atoms with Crippen molar-refractivity contribution >= 4 is 40.5 Å². The molecule has 10 nitrogen and oxygen atoms in total. The van der Waals surface area contributed by atoms with E-state index in [-0.39, 0.29) is 22.9 Å². The van der Waals surface area contributed by atoms with Crippen molar-refractivity contribution in [2.24, 2.45) is 5.10 Å². The molecule has 4 aromatic rings. The first kappa shape index (κ1) is 23.9. The third kappa shape index (κ3) is 4.99. The number of hydrogen-bond donors (Lipinski definition) is 1. The van der Waals surface area contributed by atoms with Gasteiger partial charge in [-0.3, -0.25) is 24.4 Å².